The number of halogens is 1. The number of hydrogen-bond acceptors (Lipinski definition) is 4. The van der Waals surface area contributed by atoms with Crippen LogP contribution in [0.25, 0.3) is 11.4 Å². The average molecular weight is 365 g/mol. The van der Waals surface area contributed by atoms with Crippen LogP contribution in [0, 0.1) is 5.82 Å². The fourth-order valence-corrected chi connectivity index (χ4v) is 3.28. The van der Waals surface area contributed by atoms with Gasteiger partial charge in [-0.25, -0.2) is 4.39 Å². The lowest BCUT2D eigenvalue weighted by molar-refractivity contribution is -0.117. The number of aromatic nitrogens is 2. The number of carbonyl (C=O) groups is 1. The Morgan fingerprint density at radius 1 is 1.11 bits per heavy atom. The van der Waals surface area contributed by atoms with Crippen LogP contribution in [0.1, 0.15) is 43.6 Å². The molecule has 0 saturated carbocycles. The Bertz CT molecular complexity index is 948. The van der Waals surface area contributed by atoms with Gasteiger partial charge in [-0.15, -0.1) is 0 Å². The molecule has 138 valence electrons. The van der Waals surface area contributed by atoms with E-state index in [0.717, 1.165) is 5.69 Å². The molecule has 5 nitrogen and oxygen atoms in total. The van der Waals surface area contributed by atoms with Gasteiger partial charge in [-0.1, -0.05) is 31.1 Å². The summed E-state index contributed by atoms with van der Waals surface area (Å²) in [7, 11) is 0. The van der Waals surface area contributed by atoms with Crippen molar-refractivity contribution in [2.24, 2.45) is 0 Å². The molecule has 1 unspecified atom stereocenters. The predicted molar refractivity (Wildman–Crippen MR) is 99.9 cm³/mol. The summed E-state index contributed by atoms with van der Waals surface area (Å²) in [6, 6.07) is 14.0. The van der Waals surface area contributed by atoms with Gasteiger partial charge in [0.2, 0.25) is 17.6 Å². The maximum atomic E-state index is 13.1. The molecule has 1 amide bonds. The second-order valence-electron chi connectivity index (χ2n) is 7.11. The van der Waals surface area contributed by atoms with Gasteiger partial charge in [0.25, 0.3) is 0 Å². The number of benzene rings is 2. The summed E-state index contributed by atoms with van der Waals surface area (Å²) < 4.78 is 18.4. The van der Waals surface area contributed by atoms with Crippen LogP contribution in [0.3, 0.4) is 0 Å². The van der Waals surface area contributed by atoms with E-state index in [1.165, 1.54) is 17.7 Å². The van der Waals surface area contributed by atoms with E-state index < -0.39 is 0 Å². The van der Waals surface area contributed by atoms with Crippen molar-refractivity contribution in [3.63, 3.8) is 0 Å². The summed E-state index contributed by atoms with van der Waals surface area (Å²) in [4.78, 5) is 18.7. The highest BCUT2D eigenvalue weighted by molar-refractivity contribution is 5.96. The Morgan fingerprint density at radius 2 is 1.81 bits per heavy atom. The number of rotatable bonds is 4. The zero-order valence-electron chi connectivity index (χ0n) is 15.2. The van der Waals surface area contributed by atoms with E-state index in [4.69, 9.17) is 4.52 Å². The van der Waals surface area contributed by atoms with E-state index in [1.54, 1.807) is 17.0 Å². The predicted octanol–water partition coefficient (Wildman–Crippen LogP) is 4.52. The largest absolute Gasteiger partial charge is 0.339 e. The highest BCUT2D eigenvalue weighted by atomic mass is 19.1. The monoisotopic (exact) mass is 365 g/mol. The lowest BCUT2D eigenvalue weighted by Gasteiger charge is -2.17. The summed E-state index contributed by atoms with van der Waals surface area (Å²) in [5, 5.41) is 3.98. The third-order valence-corrected chi connectivity index (χ3v) is 4.89. The normalized spacial score (nSPS) is 17.1. The van der Waals surface area contributed by atoms with Gasteiger partial charge in [0.15, 0.2) is 0 Å². The summed E-state index contributed by atoms with van der Waals surface area (Å²) in [5.41, 5.74) is 2.80. The molecule has 2 heterocycles. The minimum atomic E-state index is -0.317. The molecule has 2 aromatic carbocycles. The second-order valence-corrected chi connectivity index (χ2v) is 7.11. The van der Waals surface area contributed by atoms with Crippen molar-refractivity contribution in [2.45, 2.75) is 32.1 Å². The number of amides is 1. The molecule has 0 spiro atoms. The lowest BCUT2D eigenvalue weighted by Crippen LogP contribution is -2.24. The minimum absolute atomic E-state index is 0.0406. The zero-order valence-corrected chi connectivity index (χ0v) is 15.2. The van der Waals surface area contributed by atoms with Crippen LogP contribution in [0.2, 0.25) is 0 Å². The van der Waals surface area contributed by atoms with Crippen molar-refractivity contribution < 1.29 is 13.7 Å². The topological polar surface area (TPSA) is 59.2 Å². The molecule has 4 rings (SSSR count). The number of carbonyl (C=O) groups excluding carboxylic acids is 1. The van der Waals surface area contributed by atoms with E-state index >= 15 is 0 Å². The smallest absolute Gasteiger partial charge is 0.232 e. The second kappa shape index (κ2) is 6.95. The molecule has 0 radical (unpaired) electrons. The molecule has 0 bridgehead atoms. The molecule has 0 aliphatic carbocycles. The fraction of sp³-hybridized carbons (Fsp3) is 0.286. The fourth-order valence-electron chi connectivity index (χ4n) is 3.28. The van der Waals surface area contributed by atoms with Gasteiger partial charge in [-0.05, 0) is 47.9 Å². The van der Waals surface area contributed by atoms with Gasteiger partial charge < -0.3 is 9.42 Å². The Balaban J connectivity index is 1.51. The SMILES string of the molecule is CC(C)c1ccc(N2CC(c3nc(-c4ccc(F)cc4)no3)CC2=O)cc1. The van der Waals surface area contributed by atoms with Crippen LogP contribution in [-0.2, 0) is 4.79 Å². The maximum Gasteiger partial charge on any atom is 0.232 e. The van der Waals surface area contributed by atoms with Crippen molar-refractivity contribution in [1.82, 2.24) is 10.1 Å². The third-order valence-electron chi connectivity index (χ3n) is 4.89. The van der Waals surface area contributed by atoms with Gasteiger partial charge >= 0.3 is 0 Å². The first-order valence-corrected chi connectivity index (χ1v) is 9.01. The summed E-state index contributed by atoms with van der Waals surface area (Å²) >= 11 is 0. The molecule has 27 heavy (non-hydrogen) atoms. The van der Waals surface area contributed by atoms with Gasteiger partial charge in [0.05, 0.1) is 5.92 Å². The first-order valence-electron chi connectivity index (χ1n) is 9.01. The molecule has 1 saturated heterocycles. The quantitative estimate of drug-likeness (QED) is 0.682. The summed E-state index contributed by atoms with van der Waals surface area (Å²) in [6.07, 6.45) is 0.330. The first-order chi connectivity index (χ1) is 13.0. The molecule has 6 heteroatoms. The van der Waals surface area contributed by atoms with Crippen molar-refractivity contribution >= 4 is 11.6 Å². The van der Waals surface area contributed by atoms with Crippen LogP contribution < -0.4 is 4.90 Å². The Morgan fingerprint density at radius 3 is 2.48 bits per heavy atom. The first kappa shape index (κ1) is 17.4. The number of hydrogen-bond donors (Lipinski definition) is 0. The maximum absolute atomic E-state index is 13.1. The molecule has 3 aromatic rings. The van der Waals surface area contributed by atoms with E-state index in [1.807, 2.05) is 12.1 Å². The highest BCUT2D eigenvalue weighted by Gasteiger charge is 2.35. The molecule has 0 N–H and O–H groups in total. The van der Waals surface area contributed by atoms with Gasteiger partial charge in [-0.2, -0.15) is 4.98 Å². The van der Waals surface area contributed by atoms with E-state index in [0.29, 0.717) is 36.2 Å². The van der Waals surface area contributed by atoms with Crippen molar-refractivity contribution in [3.8, 4) is 11.4 Å². The molecular weight excluding hydrogens is 345 g/mol. The Kier molecular flexibility index (Phi) is 4.48. The van der Waals surface area contributed by atoms with Gasteiger partial charge in [0.1, 0.15) is 5.82 Å². The molecule has 1 aromatic heterocycles. The molecule has 1 aliphatic heterocycles. The molecule has 1 aliphatic rings. The zero-order chi connectivity index (χ0) is 19.0. The van der Waals surface area contributed by atoms with Crippen molar-refractivity contribution in [1.29, 1.82) is 0 Å². The Hall–Kier alpha value is -3.02. The Labute approximate surface area is 156 Å². The summed E-state index contributed by atoms with van der Waals surface area (Å²) in [5.74, 6) is 0.858. The van der Waals surface area contributed by atoms with Crippen molar-refractivity contribution in [2.75, 3.05) is 11.4 Å². The van der Waals surface area contributed by atoms with Crippen LogP contribution in [0.4, 0.5) is 10.1 Å². The average Bonchev–Trinajstić information content (AvgIpc) is 3.29. The minimum Gasteiger partial charge on any atom is -0.339 e. The molecule has 1 fully saturated rings. The standard InChI is InChI=1S/C21H20FN3O2/c1-13(2)14-5-9-18(10-6-14)25-12-16(11-19(25)26)21-23-20(24-27-21)15-3-7-17(22)8-4-15/h3-10,13,16H,11-12H2,1-2H3. The van der Waals surface area contributed by atoms with Crippen LogP contribution in [0.15, 0.2) is 53.1 Å². The van der Waals surface area contributed by atoms with Crippen LogP contribution in [0.5, 0.6) is 0 Å². The molecule has 1 atom stereocenters. The van der Waals surface area contributed by atoms with Gasteiger partial charge in [-0.3, -0.25) is 4.79 Å². The lowest BCUT2D eigenvalue weighted by atomic mass is 10.0. The number of nitrogens with zero attached hydrogens (tertiary/aromatic N) is 3. The van der Waals surface area contributed by atoms with E-state index in [-0.39, 0.29) is 17.6 Å². The van der Waals surface area contributed by atoms with E-state index in [9.17, 15) is 9.18 Å². The molecular formula is C21H20FN3O2. The van der Waals surface area contributed by atoms with Crippen LogP contribution in [-0.4, -0.2) is 22.6 Å². The van der Waals surface area contributed by atoms with Gasteiger partial charge in [0, 0.05) is 24.2 Å². The summed E-state index contributed by atoms with van der Waals surface area (Å²) in [6.45, 7) is 4.78. The number of anilines is 1. The van der Waals surface area contributed by atoms with Crippen LogP contribution >= 0.6 is 0 Å². The van der Waals surface area contributed by atoms with Crippen molar-refractivity contribution in [3.05, 3.63) is 65.8 Å². The van der Waals surface area contributed by atoms with E-state index in [2.05, 4.69) is 36.1 Å². The highest BCUT2D eigenvalue weighted by Crippen LogP contribution is 2.32. The third kappa shape index (κ3) is 3.47.